The molecular weight excluding hydrogens is 618 g/mol. The first-order valence-electron chi connectivity index (χ1n) is 16.2. The van der Waals surface area contributed by atoms with Crippen molar-refractivity contribution in [3.8, 4) is 17.0 Å². The number of methoxy groups -OCH3 is 1. The van der Waals surface area contributed by atoms with Crippen LogP contribution in [0.15, 0.2) is 42.6 Å². The zero-order valence-electron chi connectivity index (χ0n) is 26.8. The number of nitrogens with one attached hydrogen (secondary N) is 1. The molecule has 3 aliphatic rings. The van der Waals surface area contributed by atoms with E-state index in [9.17, 15) is 23.1 Å². The van der Waals surface area contributed by atoms with Crippen molar-refractivity contribution in [3.63, 3.8) is 0 Å². The summed E-state index contributed by atoms with van der Waals surface area (Å²) in [7, 11) is 0.355. The average molecular weight is 658 g/mol. The van der Waals surface area contributed by atoms with Gasteiger partial charge in [0.15, 0.2) is 0 Å². The summed E-state index contributed by atoms with van der Waals surface area (Å²) in [6.07, 6.45) is 12.0. The highest BCUT2D eigenvalue weighted by atomic mass is 32.2. The smallest absolute Gasteiger partial charge is 0.339 e. The van der Waals surface area contributed by atoms with Crippen molar-refractivity contribution in [1.82, 2.24) is 23.4 Å². The Morgan fingerprint density at radius 2 is 1.77 bits per heavy atom. The van der Waals surface area contributed by atoms with Crippen molar-refractivity contribution in [1.29, 1.82) is 0 Å². The molecule has 2 aromatic heterocycles. The summed E-state index contributed by atoms with van der Waals surface area (Å²) in [5.74, 6) is -0.776. The summed E-state index contributed by atoms with van der Waals surface area (Å²) in [5, 5.41) is 15.9. The van der Waals surface area contributed by atoms with E-state index in [2.05, 4.69) is 26.5 Å². The summed E-state index contributed by atoms with van der Waals surface area (Å²) >= 11 is 0. The molecule has 1 amide bonds. The van der Waals surface area contributed by atoms with E-state index in [1.165, 1.54) is 32.3 Å². The van der Waals surface area contributed by atoms with Gasteiger partial charge in [0.05, 0.1) is 37.3 Å². The van der Waals surface area contributed by atoms with E-state index in [4.69, 9.17) is 4.74 Å². The number of allylic oxidation sites excluding steroid dienone is 1. The Morgan fingerprint density at radius 3 is 2.43 bits per heavy atom. The van der Waals surface area contributed by atoms with Gasteiger partial charge in [-0.1, -0.05) is 25.3 Å². The van der Waals surface area contributed by atoms with Gasteiger partial charge in [0, 0.05) is 36.1 Å². The monoisotopic (exact) mass is 657 g/mol. The Labute approximate surface area is 274 Å². The van der Waals surface area contributed by atoms with Crippen molar-refractivity contribution < 1.29 is 27.9 Å². The minimum absolute atomic E-state index is 0.125. The summed E-state index contributed by atoms with van der Waals surface area (Å²) in [4.78, 5) is 25.9. The molecule has 2 aliphatic carbocycles. The third-order valence-corrected chi connectivity index (χ3v) is 11.4. The Hall–Kier alpha value is -4.42. The lowest BCUT2D eigenvalue weighted by Crippen LogP contribution is -2.39. The maximum absolute atomic E-state index is 13.3. The molecule has 0 radical (unpaired) electrons. The van der Waals surface area contributed by atoms with E-state index in [0.29, 0.717) is 23.9 Å². The van der Waals surface area contributed by atoms with Crippen LogP contribution in [0.25, 0.3) is 33.8 Å². The van der Waals surface area contributed by atoms with Crippen molar-refractivity contribution in [3.05, 3.63) is 70.5 Å². The van der Waals surface area contributed by atoms with Crippen molar-refractivity contribution >= 4 is 44.6 Å². The zero-order valence-corrected chi connectivity index (χ0v) is 27.6. The van der Waals surface area contributed by atoms with Gasteiger partial charge >= 0.3 is 16.2 Å². The van der Waals surface area contributed by atoms with E-state index < -0.39 is 22.1 Å². The third kappa shape index (κ3) is 5.42. The van der Waals surface area contributed by atoms with Crippen LogP contribution in [-0.2, 0) is 16.8 Å². The van der Waals surface area contributed by atoms with Gasteiger partial charge in [-0.05, 0) is 91.1 Å². The molecule has 246 valence electrons. The highest BCUT2D eigenvalue weighted by Gasteiger charge is 2.33. The number of rotatable bonds is 8. The molecule has 1 aliphatic heterocycles. The van der Waals surface area contributed by atoms with Gasteiger partial charge in [-0.25, -0.2) is 9.52 Å². The van der Waals surface area contributed by atoms with Crippen molar-refractivity contribution in [2.75, 3.05) is 21.2 Å². The molecule has 2 fully saturated rings. The van der Waals surface area contributed by atoms with E-state index in [1.54, 1.807) is 19.2 Å². The summed E-state index contributed by atoms with van der Waals surface area (Å²) in [6, 6.07) is 11.5. The number of carboxylic acids is 1. The normalized spacial score (nSPS) is 17.1. The van der Waals surface area contributed by atoms with E-state index >= 15 is 0 Å². The quantitative estimate of drug-likeness (QED) is 0.235. The number of hydrogen-bond donors (Lipinski definition) is 2. The Kier molecular flexibility index (Phi) is 7.96. The zero-order chi connectivity index (χ0) is 33.0. The fraction of sp³-hybridized carbons (Fsp3) is 0.400. The van der Waals surface area contributed by atoms with Gasteiger partial charge in [-0.3, -0.25) is 9.48 Å². The molecule has 0 bridgehead atoms. The fourth-order valence-electron chi connectivity index (χ4n) is 7.34. The Bertz CT molecular complexity index is 2050. The van der Waals surface area contributed by atoms with Gasteiger partial charge in [0.25, 0.3) is 5.91 Å². The molecule has 0 saturated heterocycles. The maximum atomic E-state index is 13.3. The lowest BCUT2D eigenvalue weighted by Gasteiger charge is -2.28. The number of nitrogens with zero attached hydrogens (tertiary/aromatic N) is 4. The SMILES string of the molecule is COc1ccc2c(c1)C=C(c1c(C(=O)O)cnn1C1CCC1)Cn1c-2c(C2CCCCC2)c2ccc(C(=O)NS(=O)(=O)N(C)C)cc21. The molecular formula is C35H39N5O6S. The number of benzene rings is 2. The second-order valence-electron chi connectivity index (χ2n) is 13.0. The molecule has 0 spiro atoms. The number of aromatic nitrogens is 3. The minimum Gasteiger partial charge on any atom is -0.497 e. The second-order valence-corrected chi connectivity index (χ2v) is 14.9. The van der Waals surface area contributed by atoms with Gasteiger partial charge in [0.1, 0.15) is 11.3 Å². The highest BCUT2D eigenvalue weighted by Crippen LogP contribution is 2.48. The third-order valence-electron chi connectivity index (χ3n) is 10.0. The van der Waals surface area contributed by atoms with Crippen LogP contribution in [0.2, 0.25) is 0 Å². The number of ether oxygens (including phenoxy) is 1. The van der Waals surface area contributed by atoms with Gasteiger partial charge < -0.3 is 14.4 Å². The molecule has 4 aromatic rings. The maximum Gasteiger partial charge on any atom is 0.339 e. The van der Waals surface area contributed by atoms with Crippen LogP contribution in [0.4, 0.5) is 0 Å². The molecule has 12 heteroatoms. The van der Waals surface area contributed by atoms with Gasteiger partial charge in [-0.2, -0.15) is 17.8 Å². The van der Waals surface area contributed by atoms with Crippen LogP contribution >= 0.6 is 0 Å². The summed E-state index contributed by atoms with van der Waals surface area (Å²) in [5.41, 5.74) is 6.66. The van der Waals surface area contributed by atoms with Crippen LogP contribution in [0.5, 0.6) is 5.75 Å². The number of hydrogen-bond acceptors (Lipinski definition) is 6. The van der Waals surface area contributed by atoms with E-state index in [0.717, 1.165) is 82.5 Å². The Balaban J connectivity index is 1.49. The minimum atomic E-state index is -4.00. The number of aromatic carboxylic acids is 1. The molecule has 2 N–H and O–H groups in total. The second kappa shape index (κ2) is 12.0. The molecule has 2 aromatic carbocycles. The van der Waals surface area contributed by atoms with Crippen LogP contribution in [0.1, 0.15) is 101 Å². The molecule has 0 atom stereocenters. The number of carbonyl (C=O) groups excluding carboxylic acids is 1. The predicted molar refractivity (Wildman–Crippen MR) is 180 cm³/mol. The number of amides is 1. The van der Waals surface area contributed by atoms with Crippen LogP contribution in [0, 0.1) is 0 Å². The first-order chi connectivity index (χ1) is 22.6. The van der Waals surface area contributed by atoms with E-state index in [1.807, 2.05) is 22.9 Å². The molecule has 0 unspecified atom stereocenters. The Morgan fingerprint density at radius 1 is 1.00 bits per heavy atom. The standard InChI is InChI=1S/C35H39N5O6S/c1-38(2)47(44,45)37-34(41)22-12-14-28-30(18-22)39-20-24(32-29(35(42)43)19-36-40(32)25-10-7-11-25)16-23-17-26(46-3)13-15-27(23)33(39)31(28)21-8-5-4-6-9-21/h12-19,21,25H,4-11,20H2,1-3H3,(H,37,41)(H,42,43). The number of carbonyl (C=O) groups is 2. The largest absolute Gasteiger partial charge is 0.497 e. The van der Waals surface area contributed by atoms with Gasteiger partial charge in [0.2, 0.25) is 0 Å². The molecule has 7 rings (SSSR count). The average Bonchev–Trinajstić information content (AvgIpc) is 3.54. The predicted octanol–water partition coefficient (Wildman–Crippen LogP) is 6.07. The lowest BCUT2D eigenvalue weighted by molar-refractivity contribution is 0.0695. The first kappa shape index (κ1) is 31.2. The first-order valence-corrected chi connectivity index (χ1v) is 17.6. The van der Waals surface area contributed by atoms with Crippen LogP contribution < -0.4 is 9.46 Å². The molecule has 2 saturated carbocycles. The fourth-order valence-corrected chi connectivity index (χ4v) is 7.88. The topological polar surface area (TPSA) is 136 Å². The summed E-state index contributed by atoms with van der Waals surface area (Å²) < 4.78 is 37.9. The van der Waals surface area contributed by atoms with Crippen LogP contribution in [-0.4, -0.2) is 65.3 Å². The molecule has 3 heterocycles. The summed E-state index contributed by atoms with van der Waals surface area (Å²) in [6.45, 7) is 0.329. The van der Waals surface area contributed by atoms with Crippen LogP contribution in [0.3, 0.4) is 0 Å². The number of carboxylic acid groups (broad SMARTS) is 1. The lowest BCUT2D eigenvalue weighted by atomic mass is 9.81. The number of fused-ring (bicyclic) bond motifs is 5. The highest BCUT2D eigenvalue weighted by molar-refractivity contribution is 7.87. The van der Waals surface area contributed by atoms with Gasteiger partial charge in [-0.15, -0.1) is 0 Å². The molecule has 47 heavy (non-hydrogen) atoms. The molecule has 11 nitrogen and oxygen atoms in total. The van der Waals surface area contributed by atoms with Crippen molar-refractivity contribution in [2.45, 2.75) is 69.9 Å². The van der Waals surface area contributed by atoms with Crippen molar-refractivity contribution in [2.24, 2.45) is 0 Å². The van der Waals surface area contributed by atoms with E-state index in [-0.39, 0.29) is 17.2 Å².